The molecule has 6 N–H and O–H groups in total. The van der Waals surface area contributed by atoms with Crippen molar-refractivity contribution in [3.8, 4) is 0 Å². The smallest absolute Gasteiger partial charge is 0.411 e. The zero-order chi connectivity index (χ0) is 43.5. The number of azide groups is 1. The molecule has 3 atom stereocenters. The second-order valence-corrected chi connectivity index (χ2v) is 13.1. The molecule has 0 radical (unpaired) electrons. The lowest BCUT2D eigenvalue weighted by molar-refractivity contribution is -0.131. The third kappa shape index (κ3) is 18.4. The lowest BCUT2D eigenvalue weighted by Gasteiger charge is -2.25. The number of methoxy groups -OCH3 is 1. The third-order valence-electron chi connectivity index (χ3n) is 8.39. The van der Waals surface area contributed by atoms with Crippen molar-refractivity contribution in [3.05, 3.63) is 119 Å². The Labute approximate surface area is 347 Å². The second-order valence-electron chi connectivity index (χ2n) is 13.1. The molecule has 0 unspecified atom stereocenters. The van der Waals surface area contributed by atoms with E-state index in [0.717, 1.165) is 5.56 Å². The number of rotatable bonds is 24. The Hall–Kier alpha value is -7.11. The zero-order valence-electron chi connectivity index (χ0n) is 33.5. The molecule has 3 rings (SSSR count). The fourth-order valence-electron chi connectivity index (χ4n) is 5.32. The van der Waals surface area contributed by atoms with Crippen LogP contribution in [0.1, 0.15) is 42.9 Å². The molecule has 0 saturated carbocycles. The molecule has 0 fully saturated rings. The molecule has 0 aliphatic rings. The highest BCUT2D eigenvalue weighted by molar-refractivity contribution is 5.99. The lowest BCUT2D eigenvalue weighted by Crippen LogP contribution is -2.56. The molecule has 0 aromatic heterocycles. The summed E-state index contributed by atoms with van der Waals surface area (Å²) in [6.45, 7) is 5.29. The van der Waals surface area contributed by atoms with Crippen LogP contribution in [-0.4, -0.2) is 87.5 Å². The molecule has 0 spiro atoms. The molecule has 0 heterocycles. The van der Waals surface area contributed by atoms with Crippen molar-refractivity contribution in [2.45, 2.75) is 63.9 Å². The van der Waals surface area contributed by atoms with E-state index in [1.165, 1.54) is 13.0 Å². The standard InChI is InChI=1S/C41H51N9O10/c1-4-23-58-39(54)43-21-9-8-12-34(37(52)46-32-17-15-31(16-18-32)27-60-41(56)47-33-19-13-30(14-20-33)26-57-3)48-38(53)35(25-29-10-6-5-7-11-29)49-36(51)28(2)45-40(55)59-24-22-44-50-42/h4-7,10-11,13-20,28,34-35H,1,8-9,12,21-27H2,2-3H3,(H,43,54)(H,45,55)(H,46,52)(H,47,56)(H,48,53)(H,49,51)/t28-,34+,35+/m1/s1. The van der Waals surface area contributed by atoms with Crippen LogP contribution in [0.2, 0.25) is 0 Å². The molecular formula is C41H51N9O10. The summed E-state index contributed by atoms with van der Waals surface area (Å²) >= 11 is 0. The molecule has 3 aromatic carbocycles. The molecule has 0 saturated heterocycles. The number of amides is 6. The quantitative estimate of drug-likeness (QED) is 0.0171. The van der Waals surface area contributed by atoms with Gasteiger partial charge in [-0.1, -0.05) is 72.4 Å². The Morgan fingerprint density at radius 2 is 1.37 bits per heavy atom. The fourth-order valence-corrected chi connectivity index (χ4v) is 5.32. The number of ether oxygens (including phenoxy) is 4. The van der Waals surface area contributed by atoms with Gasteiger partial charge >= 0.3 is 18.3 Å². The Balaban J connectivity index is 1.68. The van der Waals surface area contributed by atoms with Crippen LogP contribution < -0.4 is 31.9 Å². The molecule has 0 aliphatic carbocycles. The van der Waals surface area contributed by atoms with Gasteiger partial charge in [0.2, 0.25) is 17.7 Å². The SMILES string of the molecule is C=CCOC(=O)NCCCC[C@H](NC(=O)[C@H](Cc1ccccc1)NC(=O)[C@@H](C)NC(=O)OCCN=[N+]=[N-])C(=O)Nc1ccc(COC(=O)Nc2ccc(COC)cc2)cc1. The van der Waals surface area contributed by atoms with Gasteiger partial charge in [0, 0.05) is 36.4 Å². The van der Waals surface area contributed by atoms with Gasteiger partial charge in [0.05, 0.1) is 19.8 Å². The molecule has 19 heteroatoms. The highest BCUT2D eigenvalue weighted by Crippen LogP contribution is 2.15. The van der Waals surface area contributed by atoms with Gasteiger partial charge in [-0.3, -0.25) is 19.7 Å². The van der Waals surface area contributed by atoms with Gasteiger partial charge in [-0.25, -0.2) is 14.4 Å². The van der Waals surface area contributed by atoms with Crippen LogP contribution in [0.15, 0.2) is 96.6 Å². The predicted molar refractivity (Wildman–Crippen MR) is 221 cm³/mol. The van der Waals surface area contributed by atoms with E-state index >= 15 is 0 Å². The topological polar surface area (TPSA) is 260 Å². The van der Waals surface area contributed by atoms with Gasteiger partial charge in [-0.2, -0.15) is 0 Å². The van der Waals surface area contributed by atoms with Gasteiger partial charge < -0.3 is 45.5 Å². The minimum absolute atomic E-state index is 0.0447. The van der Waals surface area contributed by atoms with Gasteiger partial charge in [0.15, 0.2) is 0 Å². The number of nitrogens with zero attached hydrogens (tertiary/aromatic N) is 3. The van der Waals surface area contributed by atoms with Crippen molar-refractivity contribution in [1.29, 1.82) is 0 Å². The molecule has 320 valence electrons. The minimum Gasteiger partial charge on any atom is -0.449 e. The molecule has 3 aromatic rings. The van der Waals surface area contributed by atoms with E-state index in [1.807, 2.05) is 12.1 Å². The monoisotopic (exact) mass is 829 g/mol. The fraction of sp³-hybridized carbons (Fsp3) is 0.366. The van der Waals surface area contributed by atoms with Crippen molar-refractivity contribution in [2.75, 3.05) is 44.0 Å². The van der Waals surface area contributed by atoms with E-state index < -0.39 is 54.1 Å². The van der Waals surface area contributed by atoms with E-state index in [9.17, 15) is 28.8 Å². The summed E-state index contributed by atoms with van der Waals surface area (Å²) in [7, 11) is 1.60. The average Bonchev–Trinajstić information content (AvgIpc) is 3.24. The first-order valence-electron chi connectivity index (χ1n) is 19.0. The van der Waals surface area contributed by atoms with Crippen LogP contribution in [-0.2, 0) is 53.0 Å². The van der Waals surface area contributed by atoms with Gasteiger partial charge in [-0.05, 0) is 72.7 Å². The average molecular weight is 830 g/mol. The summed E-state index contributed by atoms with van der Waals surface area (Å²) in [6.07, 6.45) is 0.282. The predicted octanol–water partition coefficient (Wildman–Crippen LogP) is 5.24. The first-order valence-corrected chi connectivity index (χ1v) is 19.0. The number of hydrogen-bond donors (Lipinski definition) is 6. The van der Waals surface area contributed by atoms with Crippen LogP contribution >= 0.6 is 0 Å². The summed E-state index contributed by atoms with van der Waals surface area (Å²) in [5, 5.41) is 19.1. The second kappa shape index (κ2) is 26.7. The van der Waals surface area contributed by atoms with Crippen LogP contribution in [0.5, 0.6) is 0 Å². The third-order valence-corrected chi connectivity index (χ3v) is 8.39. The normalized spacial score (nSPS) is 11.8. The molecular weight excluding hydrogens is 779 g/mol. The van der Waals surface area contributed by atoms with Crippen LogP contribution in [0.3, 0.4) is 0 Å². The zero-order valence-corrected chi connectivity index (χ0v) is 33.5. The van der Waals surface area contributed by atoms with Crippen LogP contribution in [0.4, 0.5) is 25.8 Å². The number of nitrogens with one attached hydrogen (secondary N) is 6. The van der Waals surface area contributed by atoms with Crippen molar-refractivity contribution < 1.29 is 47.7 Å². The maximum Gasteiger partial charge on any atom is 0.411 e. The summed E-state index contributed by atoms with van der Waals surface area (Å²) in [5.74, 6) is -1.92. The van der Waals surface area contributed by atoms with Gasteiger partial charge in [0.1, 0.15) is 31.3 Å². The summed E-state index contributed by atoms with van der Waals surface area (Å²) in [5.41, 5.74) is 11.7. The summed E-state index contributed by atoms with van der Waals surface area (Å²) < 4.78 is 20.3. The number of unbranched alkanes of at least 4 members (excludes halogenated alkanes) is 1. The van der Waals surface area contributed by atoms with E-state index in [4.69, 9.17) is 24.5 Å². The van der Waals surface area contributed by atoms with Crippen molar-refractivity contribution in [2.24, 2.45) is 5.11 Å². The number of benzene rings is 3. The summed E-state index contributed by atoms with van der Waals surface area (Å²) in [4.78, 5) is 79.8. The maximum absolute atomic E-state index is 13.9. The minimum atomic E-state index is -1.17. The number of alkyl carbamates (subject to hydrolysis) is 2. The lowest BCUT2D eigenvalue weighted by atomic mass is 10.0. The first kappa shape index (κ1) is 47.3. The van der Waals surface area contributed by atoms with Crippen molar-refractivity contribution >= 4 is 47.4 Å². The molecule has 19 nitrogen and oxygen atoms in total. The number of carbonyl (C=O) groups excluding carboxylic acids is 6. The van der Waals surface area contributed by atoms with Crippen LogP contribution in [0, 0.1) is 0 Å². The Morgan fingerprint density at radius 3 is 2.02 bits per heavy atom. The van der Waals surface area contributed by atoms with E-state index in [1.54, 1.807) is 73.8 Å². The first-order chi connectivity index (χ1) is 29.0. The van der Waals surface area contributed by atoms with Crippen LogP contribution in [0.25, 0.3) is 10.4 Å². The van der Waals surface area contributed by atoms with Crippen molar-refractivity contribution in [3.63, 3.8) is 0 Å². The molecule has 60 heavy (non-hydrogen) atoms. The molecule has 0 aliphatic heterocycles. The highest BCUT2D eigenvalue weighted by Gasteiger charge is 2.29. The van der Waals surface area contributed by atoms with E-state index in [2.05, 4.69) is 48.5 Å². The number of anilines is 2. The van der Waals surface area contributed by atoms with Gasteiger partial charge in [-0.15, -0.1) is 0 Å². The largest absolute Gasteiger partial charge is 0.449 e. The number of hydrogen-bond acceptors (Lipinski definition) is 11. The molecule has 0 bridgehead atoms. The molecule has 6 amide bonds. The Morgan fingerprint density at radius 1 is 0.717 bits per heavy atom. The van der Waals surface area contributed by atoms with Gasteiger partial charge in [0.25, 0.3) is 0 Å². The Bertz CT molecular complexity index is 1910. The highest BCUT2D eigenvalue weighted by atomic mass is 16.6. The number of carbonyl (C=O) groups is 6. The summed E-state index contributed by atoms with van der Waals surface area (Å²) in [6, 6.07) is 19.2. The van der Waals surface area contributed by atoms with Crippen molar-refractivity contribution in [1.82, 2.24) is 21.3 Å². The van der Waals surface area contributed by atoms with E-state index in [-0.39, 0.29) is 45.8 Å². The Kier molecular flexibility index (Phi) is 21.1. The maximum atomic E-state index is 13.9. The van der Waals surface area contributed by atoms with E-state index in [0.29, 0.717) is 42.0 Å².